The molecule has 0 saturated heterocycles. The van der Waals surface area contributed by atoms with Crippen molar-refractivity contribution in [3.63, 3.8) is 0 Å². The number of likely N-dealkylation sites (N-methyl/N-ethyl adjacent to an activating group) is 1. The van der Waals surface area contributed by atoms with E-state index in [4.69, 9.17) is 0 Å². The second-order valence-corrected chi connectivity index (χ2v) is 9.57. The van der Waals surface area contributed by atoms with Crippen LogP contribution >= 0.6 is 0 Å². The number of sulfonamides is 1. The Bertz CT molecular complexity index is 783. The van der Waals surface area contributed by atoms with Crippen molar-refractivity contribution in [1.29, 1.82) is 0 Å². The van der Waals surface area contributed by atoms with Crippen LogP contribution in [0.5, 0.6) is 0 Å². The summed E-state index contributed by atoms with van der Waals surface area (Å²) in [6.07, 6.45) is 0. The van der Waals surface area contributed by atoms with E-state index in [2.05, 4.69) is 10.6 Å². The van der Waals surface area contributed by atoms with Crippen molar-refractivity contribution < 1.29 is 18.0 Å². The molecule has 28 heavy (non-hydrogen) atoms. The molecule has 0 radical (unpaired) electrons. The molecule has 0 saturated carbocycles. The summed E-state index contributed by atoms with van der Waals surface area (Å²) < 4.78 is 26.6. The summed E-state index contributed by atoms with van der Waals surface area (Å²) in [6, 6.07) is 6.17. The van der Waals surface area contributed by atoms with Crippen LogP contribution in [0.3, 0.4) is 0 Å². The lowest BCUT2D eigenvalue weighted by atomic mass is 10.1. The third kappa shape index (κ3) is 7.57. The highest BCUT2D eigenvalue weighted by Gasteiger charge is 2.22. The van der Waals surface area contributed by atoms with Crippen molar-refractivity contribution in [1.82, 2.24) is 14.5 Å². The fourth-order valence-corrected chi connectivity index (χ4v) is 4.16. The van der Waals surface area contributed by atoms with E-state index in [9.17, 15) is 18.0 Å². The molecule has 0 spiro atoms. The SMILES string of the molecule is CCN(CC)S(=O)(=O)c1cccc(NC(=O)CN(C)CC(=O)NC(C)(C)C)c1. The molecule has 0 atom stereocenters. The highest BCUT2D eigenvalue weighted by Crippen LogP contribution is 2.19. The first kappa shape index (κ1) is 24.1. The third-order valence-electron chi connectivity index (χ3n) is 3.80. The van der Waals surface area contributed by atoms with E-state index in [0.717, 1.165) is 0 Å². The molecule has 1 aromatic carbocycles. The highest BCUT2D eigenvalue weighted by molar-refractivity contribution is 7.89. The molecular weight excluding hydrogens is 380 g/mol. The van der Waals surface area contributed by atoms with Gasteiger partial charge in [0, 0.05) is 24.3 Å². The Kier molecular flexibility index (Phi) is 8.59. The summed E-state index contributed by atoms with van der Waals surface area (Å²) in [4.78, 5) is 25.9. The number of nitrogens with zero attached hydrogens (tertiary/aromatic N) is 2. The Hall–Kier alpha value is -1.97. The second kappa shape index (κ2) is 9.99. The lowest BCUT2D eigenvalue weighted by Crippen LogP contribution is -2.46. The van der Waals surface area contributed by atoms with Gasteiger partial charge >= 0.3 is 0 Å². The normalized spacial score (nSPS) is 12.3. The molecule has 0 bridgehead atoms. The first-order chi connectivity index (χ1) is 12.9. The number of hydrogen-bond acceptors (Lipinski definition) is 5. The van der Waals surface area contributed by atoms with E-state index in [0.29, 0.717) is 18.8 Å². The standard InChI is InChI=1S/C19H32N4O4S/c1-7-23(8-2)28(26,27)16-11-9-10-15(12-16)20-17(24)13-22(6)14-18(25)21-19(3,4)5/h9-12H,7-8,13-14H2,1-6H3,(H,20,24)(H,21,25). The molecule has 2 amide bonds. The van der Waals surface area contributed by atoms with Gasteiger partial charge in [-0.1, -0.05) is 19.9 Å². The number of hydrogen-bond donors (Lipinski definition) is 2. The van der Waals surface area contributed by atoms with Gasteiger partial charge in [-0.15, -0.1) is 0 Å². The summed E-state index contributed by atoms with van der Waals surface area (Å²) in [6.45, 7) is 10.0. The first-order valence-corrected chi connectivity index (χ1v) is 10.7. The molecule has 1 aromatic rings. The van der Waals surface area contributed by atoms with Crippen molar-refractivity contribution >= 4 is 27.5 Å². The van der Waals surface area contributed by atoms with Gasteiger partial charge in [-0.2, -0.15) is 4.31 Å². The number of carbonyl (C=O) groups excluding carboxylic acids is 2. The average molecular weight is 413 g/mol. The average Bonchev–Trinajstić information content (AvgIpc) is 2.53. The van der Waals surface area contributed by atoms with E-state index in [1.165, 1.54) is 16.4 Å². The minimum Gasteiger partial charge on any atom is -0.350 e. The Labute approximate surface area is 168 Å². The van der Waals surface area contributed by atoms with Gasteiger partial charge in [-0.25, -0.2) is 8.42 Å². The smallest absolute Gasteiger partial charge is 0.243 e. The molecule has 0 heterocycles. The zero-order valence-electron chi connectivity index (χ0n) is 17.6. The zero-order chi connectivity index (χ0) is 21.5. The molecule has 158 valence electrons. The van der Waals surface area contributed by atoms with Crippen molar-refractivity contribution in [2.24, 2.45) is 0 Å². The quantitative estimate of drug-likeness (QED) is 0.640. The number of carbonyl (C=O) groups is 2. The van der Waals surface area contributed by atoms with Crippen molar-refractivity contribution in [3.8, 4) is 0 Å². The van der Waals surface area contributed by atoms with Crippen LogP contribution in [0, 0.1) is 0 Å². The fraction of sp³-hybridized carbons (Fsp3) is 0.579. The van der Waals surface area contributed by atoms with Gasteiger partial charge in [-0.05, 0) is 46.0 Å². The summed E-state index contributed by atoms with van der Waals surface area (Å²) in [5.74, 6) is -0.501. The number of nitrogens with one attached hydrogen (secondary N) is 2. The van der Waals surface area contributed by atoms with Gasteiger partial charge in [0.2, 0.25) is 21.8 Å². The van der Waals surface area contributed by atoms with Crippen molar-refractivity contribution in [3.05, 3.63) is 24.3 Å². The summed E-state index contributed by atoms with van der Waals surface area (Å²) in [7, 11) is -1.93. The fourth-order valence-electron chi connectivity index (χ4n) is 2.65. The lowest BCUT2D eigenvalue weighted by Gasteiger charge is -2.23. The summed E-state index contributed by atoms with van der Waals surface area (Å²) >= 11 is 0. The minimum absolute atomic E-state index is 0.00455. The predicted octanol–water partition coefficient (Wildman–Crippen LogP) is 1.50. The van der Waals surface area contributed by atoms with Crippen LogP contribution in [-0.2, 0) is 19.6 Å². The predicted molar refractivity (Wildman–Crippen MR) is 111 cm³/mol. The van der Waals surface area contributed by atoms with Crippen molar-refractivity contribution in [2.75, 3.05) is 38.5 Å². The molecule has 0 aliphatic heterocycles. The van der Waals surface area contributed by atoms with E-state index >= 15 is 0 Å². The van der Waals surface area contributed by atoms with Crippen LogP contribution in [0.15, 0.2) is 29.2 Å². The van der Waals surface area contributed by atoms with Gasteiger partial charge in [0.05, 0.1) is 18.0 Å². The molecule has 0 fully saturated rings. The zero-order valence-corrected chi connectivity index (χ0v) is 18.4. The summed E-state index contributed by atoms with van der Waals surface area (Å²) in [5.41, 5.74) is 0.0579. The maximum Gasteiger partial charge on any atom is 0.243 e. The van der Waals surface area contributed by atoms with Crippen LogP contribution in [0.25, 0.3) is 0 Å². The van der Waals surface area contributed by atoms with Gasteiger partial charge in [-0.3, -0.25) is 14.5 Å². The van der Waals surface area contributed by atoms with Crippen LogP contribution in [-0.4, -0.2) is 68.2 Å². The molecule has 0 unspecified atom stereocenters. The molecular formula is C19H32N4O4S. The van der Waals surface area contributed by atoms with Gasteiger partial charge in [0.1, 0.15) is 0 Å². The van der Waals surface area contributed by atoms with Crippen molar-refractivity contribution in [2.45, 2.75) is 45.1 Å². The summed E-state index contributed by atoms with van der Waals surface area (Å²) in [5, 5.41) is 5.52. The maximum atomic E-state index is 12.6. The number of rotatable bonds is 9. The van der Waals surface area contributed by atoms with Gasteiger partial charge in [0.25, 0.3) is 0 Å². The largest absolute Gasteiger partial charge is 0.350 e. The van der Waals surface area contributed by atoms with E-state index < -0.39 is 10.0 Å². The molecule has 0 aromatic heterocycles. The highest BCUT2D eigenvalue weighted by atomic mass is 32.2. The number of anilines is 1. The lowest BCUT2D eigenvalue weighted by molar-refractivity contribution is -0.124. The molecule has 9 heteroatoms. The van der Waals surface area contributed by atoms with E-state index in [-0.39, 0.29) is 35.3 Å². The van der Waals surface area contributed by atoms with E-state index in [1.807, 2.05) is 20.8 Å². The van der Waals surface area contributed by atoms with Crippen LogP contribution in [0.4, 0.5) is 5.69 Å². The monoisotopic (exact) mass is 412 g/mol. The third-order valence-corrected chi connectivity index (χ3v) is 5.85. The van der Waals surface area contributed by atoms with Crippen LogP contribution in [0.2, 0.25) is 0 Å². The Morgan fingerprint density at radius 2 is 1.61 bits per heavy atom. The Balaban J connectivity index is 2.74. The van der Waals surface area contributed by atoms with Gasteiger partial charge in [0.15, 0.2) is 0 Å². The topological polar surface area (TPSA) is 98.8 Å². The molecule has 0 aliphatic carbocycles. The molecule has 1 rings (SSSR count). The molecule has 2 N–H and O–H groups in total. The number of benzene rings is 1. The van der Waals surface area contributed by atoms with Gasteiger partial charge < -0.3 is 10.6 Å². The maximum absolute atomic E-state index is 12.6. The molecule has 8 nitrogen and oxygen atoms in total. The first-order valence-electron chi connectivity index (χ1n) is 9.28. The van der Waals surface area contributed by atoms with E-state index in [1.54, 1.807) is 37.9 Å². The van der Waals surface area contributed by atoms with Crippen LogP contribution < -0.4 is 10.6 Å². The van der Waals surface area contributed by atoms with Crippen LogP contribution in [0.1, 0.15) is 34.6 Å². The number of amides is 2. The Morgan fingerprint density at radius 1 is 1.04 bits per heavy atom. The minimum atomic E-state index is -3.60. The Morgan fingerprint density at radius 3 is 2.14 bits per heavy atom. The molecule has 0 aliphatic rings. The second-order valence-electron chi connectivity index (χ2n) is 7.64.